The molecule has 0 radical (unpaired) electrons. The summed E-state index contributed by atoms with van der Waals surface area (Å²) in [5.41, 5.74) is 3.38. The van der Waals surface area contributed by atoms with Crippen LogP contribution in [0.5, 0.6) is 0 Å². The molecule has 1 saturated heterocycles. The summed E-state index contributed by atoms with van der Waals surface area (Å²) < 4.78 is 6.87. The number of carbonyl (C=O) groups is 1. The molecule has 2 aromatic rings. The lowest BCUT2D eigenvalue weighted by molar-refractivity contribution is 0.0796. The highest BCUT2D eigenvalue weighted by molar-refractivity contribution is 8.01. The van der Waals surface area contributed by atoms with Gasteiger partial charge in [-0.2, -0.15) is 0 Å². The van der Waals surface area contributed by atoms with Crippen molar-refractivity contribution in [3.05, 3.63) is 22.2 Å². The van der Waals surface area contributed by atoms with E-state index in [9.17, 15) is 4.79 Å². The Hall–Kier alpha value is -1.27. The standard InChI is InChI=1S/C19H24N2O2S2/c1-11(2)24-18-14-12(9-19(3,4)13-10-20-23-15(13)14)16(25-18)17(22)21-7-5-6-8-21/h10-11H,5-9H2,1-4H3. The number of aromatic nitrogens is 1. The summed E-state index contributed by atoms with van der Waals surface area (Å²) in [7, 11) is 0. The van der Waals surface area contributed by atoms with Crippen LogP contribution in [0.3, 0.4) is 0 Å². The number of thioether (sulfide) groups is 1. The van der Waals surface area contributed by atoms with Crippen LogP contribution in [-0.2, 0) is 11.8 Å². The molecule has 0 spiro atoms. The van der Waals surface area contributed by atoms with Crippen LogP contribution in [0.4, 0.5) is 0 Å². The molecular weight excluding hydrogens is 352 g/mol. The number of carbonyl (C=O) groups excluding carboxylic acids is 1. The summed E-state index contributed by atoms with van der Waals surface area (Å²) in [5, 5.41) is 4.53. The summed E-state index contributed by atoms with van der Waals surface area (Å²) in [6, 6.07) is 0. The monoisotopic (exact) mass is 376 g/mol. The molecule has 2 aliphatic rings. The molecule has 2 aromatic heterocycles. The minimum absolute atomic E-state index is 0.0663. The highest BCUT2D eigenvalue weighted by Crippen LogP contribution is 2.52. The van der Waals surface area contributed by atoms with Gasteiger partial charge in [0.05, 0.1) is 15.3 Å². The molecule has 0 atom stereocenters. The molecular formula is C19H24N2O2S2. The van der Waals surface area contributed by atoms with Gasteiger partial charge in [-0.25, -0.2) is 0 Å². The summed E-state index contributed by atoms with van der Waals surface area (Å²) >= 11 is 3.47. The largest absolute Gasteiger partial charge is 0.356 e. The van der Waals surface area contributed by atoms with E-state index in [1.807, 2.05) is 22.9 Å². The van der Waals surface area contributed by atoms with Crippen LogP contribution < -0.4 is 0 Å². The third kappa shape index (κ3) is 2.83. The molecule has 1 amide bonds. The lowest BCUT2D eigenvalue weighted by atomic mass is 9.73. The first-order valence-electron chi connectivity index (χ1n) is 8.95. The number of thiophene rings is 1. The maximum absolute atomic E-state index is 13.2. The van der Waals surface area contributed by atoms with Gasteiger partial charge in [-0.05, 0) is 30.2 Å². The van der Waals surface area contributed by atoms with Crippen molar-refractivity contribution in [2.24, 2.45) is 0 Å². The molecule has 1 aliphatic carbocycles. The van der Waals surface area contributed by atoms with Gasteiger partial charge in [0.1, 0.15) is 0 Å². The Morgan fingerprint density at radius 2 is 2.08 bits per heavy atom. The van der Waals surface area contributed by atoms with Crippen LogP contribution in [0, 0.1) is 0 Å². The number of amides is 1. The number of fused-ring (bicyclic) bond motifs is 3. The van der Waals surface area contributed by atoms with Gasteiger partial charge < -0.3 is 9.42 Å². The molecule has 6 heteroatoms. The predicted octanol–water partition coefficient (Wildman–Crippen LogP) is 4.97. The van der Waals surface area contributed by atoms with Crippen LogP contribution in [0.1, 0.15) is 61.3 Å². The minimum Gasteiger partial charge on any atom is -0.356 e. The Labute approximate surface area is 157 Å². The van der Waals surface area contributed by atoms with E-state index in [-0.39, 0.29) is 11.3 Å². The first-order chi connectivity index (χ1) is 11.9. The van der Waals surface area contributed by atoms with Crippen molar-refractivity contribution in [3.63, 3.8) is 0 Å². The molecule has 0 unspecified atom stereocenters. The molecule has 1 aliphatic heterocycles. The Morgan fingerprint density at radius 3 is 2.76 bits per heavy atom. The Kier molecular flexibility index (Phi) is 4.23. The van der Waals surface area contributed by atoms with Crippen molar-refractivity contribution in [2.45, 2.75) is 61.8 Å². The van der Waals surface area contributed by atoms with Crippen molar-refractivity contribution in [3.8, 4) is 11.3 Å². The molecule has 25 heavy (non-hydrogen) atoms. The van der Waals surface area contributed by atoms with E-state index < -0.39 is 0 Å². The average molecular weight is 377 g/mol. The van der Waals surface area contributed by atoms with Gasteiger partial charge in [0, 0.05) is 29.5 Å². The van der Waals surface area contributed by atoms with Gasteiger partial charge in [-0.15, -0.1) is 23.1 Å². The first kappa shape index (κ1) is 17.2. The van der Waals surface area contributed by atoms with Crippen LogP contribution in [0.15, 0.2) is 14.9 Å². The van der Waals surface area contributed by atoms with E-state index in [0.717, 1.165) is 54.1 Å². The van der Waals surface area contributed by atoms with E-state index in [0.29, 0.717) is 5.25 Å². The van der Waals surface area contributed by atoms with Crippen molar-refractivity contribution in [2.75, 3.05) is 13.1 Å². The Balaban J connectivity index is 1.87. The van der Waals surface area contributed by atoms with Crippen molar-refractivity contribution < 1.29 is 9.32 Å². The first-order valence-corrected chi connectivity index (χ1v) is 10.6. The fourth-order valence-electron chi connectivity index (χ4n) is 3.81. The number of hydrogen-bond donors (Lipinski definition) is 0. The maximum Gasteiger partial charge on any atom is 0.264 e. The second kappa shape index (κ2) is 6.16. The van der Waals surface area contributed by atoms with E-state index >= 15 is 0 Å². The third-order valence-corrected chi connectivity index (χ3v) is 7.49. The Bertz CT molecular complexity index is 814. The topological polar surface area (TPSA) is 46.3 Å². The number of nitrogens with zero attached hydrogens (tertiary/aromatic N) is 2. The molecule has 134 valence electrons. The Morgan fingerprint density at radius 1 is 1.36 bits per heavy atom. The number of rotatable bonds is 3. The predicted molar refractivity (Wildman–Crippen MR) is 103 cm³/mol. The molecule has 4 nitrogen and oxygen atoms in total. The lowest BCUT2D eigenvalue weighted by Gasteiger charge is -2.29. The summed E-state index contributed by atoms with van der Waals surface area (Å²) in [6.45, 7) is 10.6. The van der Waals surface area contributed by atoms with Crippen LogP contribution in [0.25, 0.3) is 11.3 Å². The van der Waals surface area contributed by atoms with Crippen LogP contribution >= 0.6 is 23.1 Å². The highest BCUT2D eigenvalue weighted by atomic mass is 32.2. The second-order valence-corrected chi connectivity index (χ2v) is 10.7. The van der Waals surface area contributed by atoms with E-state index in [4.69, 9.17) is 4.52 Å². The quantitative estimate of drug-likeness (QED) is 0.709. The third-order valence-electron chi connectivity index (χ3n) is 5.05. The van der Waals surface area contributed by atoms with Crippen LogP contribution in [0.2, 0.25) is 0 Å². The minimum atomic E-state index is -0.0663. The molecule has 3 heterocycles. The van der Waals surface area contributed by atoms with Crippen molar-refractivity contribution in [1.29, 1.82) is 0 Å². The lowest BCUT2D eigenvalue weighted by Crippen LogP contribution is -2.30. The van der Waals surface area contributed by atoms with Crippen molar-refractivity contribution in [1.82, 2.24) is 10.1 Å². The van der Waals surface area contributed by atoms with E-state index in [2.05, 4.69) is 32.9 Å². The molecule has 0 aromatic carbocycles. The zero-order chi connectivity index (χ0) is 17.8. The number of likely N-dealkylation sites (tertiary alicyclic amines) is 1. The fraction of sp³-hybridized carbons (Fsp3) is 0.579. The SMILES string of the molecule is CC(C)Sc1sc(C(=O)N2CCCC2)c2c1-c1oncc1C(C)(C)C2. The second-order valence-electron chi connectivity index (χ2n) is 7.87. The van der Waals surface area contributed by atoms with Gasteiger partial charge in [0.15, 0.2) is 5.76 Å². The number of hydrogen-bond acceptors (Lipinski definition) is 5. The molecule has 0 N–H and O–H groups in total. The van der Waals surface area contributed by atoms with Gasteiger partial charge in [-0.3, -0.25) is 4.79 Å². The molecule has 0 bridgehead atoms. The normalized spacial score (nSPS) is 18.5. The van der Waals surface area contributed by atoms with Gasteiger partial charge in [-0.1, -0.05) is 32.9 Å². The van der Waals surface area contributed by atoms with E-state index in [1.165, 1.54) is 9.77 Å². The van der Waals surface area contributed by atoms with Gasteiger partial charge in [0.25, 0.3) is 5.91 Å². The fourth-order valence-corrected chi connectivity index (χ4v) is 6.61. The summed E-state index contributed by atoms with van der Waals surface area (Å²) in [4.78, 5) is 16.1. The molecule has 1 fully saturated rings. The zero-order valence-corrected chi connectivity index (χ0v) is 16.9. The average Bonchev–Trinajstić information content (AvgIpc) is 3.24. The summed E-state index contributed by atoms with van der Waals surface area (Å²) in [5.74, 6) is 1.07. The summed E-state index contributed by atoms with van der Waals surface area (Å²) in [6.07, 6.45) is 4.94. The maximum atomic E-state index is 13.2. The molecule has 0 saturated carbocycles. The van der Waals surface area contributed by atoms with Crippen molar-refractivity contribution >= 4 is 29.0 Å². The van der Waals surface area contributed by atoms with E-state index in [1.54, 1.807) is 11.3 Å². The van der Waals surface area contributed by atoms with Gasteiger partial charge >= 0.3 is 0 Å². The highest BCUT2D eigenvalue weighted by Gasteiger charge is 2.40. The van der Waals surface area contributed by atoms with Crippen LogP contribution in [-0.4, -0.2) is 34.3 Å². The molecule has 4 rings (SSSR count). The zero-order valence-electron chi connectivity index (χ0n) is 15.2. The van der Waals surface area contributed by atoms with Gasteiger partial charge in [0.2, 0.25) is 0 Å². The smallest absolute Gasteiger partial charge is 0.264 e.